The average molecular weight is 252 g/mol. The molecule has 0 aromatic carbocycles. The molecule has 102 valence electrons. The highest BCUT2D eigenvalue weighted by Crippen LogP contribution is 2.31. The van der Waals surface area contributed by atoms with Crippen molar-refractivity contribution in [1.82, 2.24) is 20.4 Å². The van der Waals surface area contributed by atoms with Gasteiger partial charge in [0.2, 0.25) is 5.89 Å². The van der Waals surface area contributed by atoms with Crippen LogP contribution in [0.1, 0.15) is 50.9 Å². The van der Waals surface area contributed by atoms with Crippen molar-refractivity contribution in [1.29, 1.82) is 0 Å². The summed E-state index contributed by atoms with van der Waals surface area (Å²) in [5.41, 5.74) is 0. The molecule has 0 amide bonds. The van der Waals surface area contributed by atoms with Crippen LogP contribution in [0.25, 0.3) is 0 Å². The van der Waals surface area contributed by atoms with Crippen molar-refractivity contribution in [3.05, 3.63) is 11.7 Å². The lowest BCUT2D eigenvalue weighted by Gasteiger charge is -2.25. The summed E-state index contributed by atoms with van der Waals surface area (Å²) in [7, 11) is 1.96. The summed E-state index contributed by atoms with van der Waals surface area (Å²) < 4.78 is 5.34. The number of likely N-dealkylation sites (tertiary alicyclic amines) is 1. The van der Waals surface area contributed by atoms with Gasteiger partial charge in [-0.25, -0.2) is 0 Å². The Balaban J connectivity index is 1.96. The Morgan fingerprint density at radius 1 is 1.50 bits per heavy atom. The molecule has 1 saturated heterocycles. The molecular formula is C13H24N4O. The Morgan fingerprint density at radius 3 is 3.06 bits per heavy atom. The van der Waals surface area contributed by atoms with Gasteiger partial charge < -0.3 is 9.84 Å². The maximum absolute atomic E-state index is 5.34. The molecule has 1 aliphatic heterocycles. The van der Waals surface area contributed by atoms with E-state index >= 15 is 0 Å². The summed E-state index contributed by atoms with van der Waals surface area (Å²) in [6, 6.07) is 0.899. The molecule has 0 bridgehead atoms. The van der Waals surface area contributed by atoms with Gasteiger partial charge in [-0.2, -0.15) is 4.98 Å². The Kier molecular flexibility index (Phi) is 4.72. The summed E-state index contributed by atoms with van der Waals surface area (Å²) in [6.45, 7) is 6.59. The first kappa shape index (κ1) is 13.5. The second-order valence-corrected chi connectivity index (χ2v) is 5.24. The van der Waals surface area contributed by atoms with Gasteiger partial charge in [-0.15, -0.1) is 0 Å². The van der Waals surface area contributed by atoms with E-state index in [-0.39, 0.29) is 0 Å². The zero-order valence-corrected chi connectivity index (χ0v) is 11.6. The lowest BCUT2D eigenvalue weighted by Crippen LogP contribution is -2.30. The van der Waals surface area contributed by atoms with Gasteiger partial charge in [0, 0.05) is 12.5 Å². The SMILES string of the molecule is CNCCCc1nc(C2CCCN2C(C)C)no1. The number of nitrogens with one attached hydrogen (secondary N) is 1. The van der Waals surface area contributed by atoms with Crippen LogP contribution in [0.2, 0.25) is 0 Å². The molecule has 1 atom stereocenters. The lowest BCUT2D eigenvalue weighted by molar-refractivity contribution is 0.195. The van der Waals surface area contributed by atoms with Gasteiger partial charge >= 0.3 is 0 Å². The summed E-state index contributed by atoms with van der Waals surface area (Å²) in [4.78, 5) is 7.01. The number of hydrogen-bond donors (Lipinski definition) is 1. The molecule has 5 nitrogen and oxygen atoms in total. The van der Waals surface area contributed by atoms with Crippen molar-refractivity contribution in [2.45, 2.75) is 51.6 Å². The third kappa shape index (κ3) is 3.09. The molecule has 1 aromatic heterocycles. The van der Waals surface area contributed by atoms with Crippen LogP contribution in [0.5, 0.6) is 0 Å². The fourth-order valence-electron chi connectivity index (χ4n) is 2.61. The van der Waals surface area contributed by atoms with Crippen LogP contribution >= 0.6 is 0 Å². The van der Waals surface area contributed by atoms with E-state index in [1.165, 1.54) is 6.42 Å². The highest BCUT2D eigenvalue weighted by molar-refractivity contribution is 4.99. The summed E-state index contributed by atoms with van der Waals surface area (Å²) in [5, 5.41) is 7.29. The van der Waals surface area contributed by atoms with Crippen LogP contribution in [0.15, 0.2) is 4.52 Å². The van der Waals surface area contributed by atoms with Gasteiger partial charge in [0.25, 0.3) is 0 Å². The highest BCUT2D eigenvalue weighted by Gasteiger charge is 2.31. The van der Waals surface area contributed by atoms with Gasteiger partial charge in [-0.1, -0.05) is 5.16 Å². The zero-order chi connectivity index (χ0) is 13.0. The molecule has 0 spiro atoms. The van der Waals surface area contributed by atoms with E-state index < -0.39 is 0 Å². The first-order chi connectivity index (χ1) is 8.72. The van der Waals surface area contributed by atoms with Gasteiger partial charge in [0.15, 0.2) is 5.82 Å². The van der Waals surface area contributed by atoms with Gasteiger partial charge in [0.1, 0.15) is 0 Å². The van der Waals surface area contributed by atoms with E-state index in [0.29, 0.717) is 12.1 Å². The lowest BCUT2D eigenvalue weighted by atomic mass is 10.2. The van der Waals surface area contributed by atoms with E-state index in [2.05, 4.69) is 34.2 Å². The Hall–Kier alpha value is -0.940. The van der Waals surface area contributed by atoms with E-state index in [1.54, 1.807) is 0 Å². The van der Waals surface area contributed by atoms with Crippen LogP contribution in [0.3, 0.4) is 0 Å². The first-order valence-corrected chi connectivity index (χ1v) is 6.95. The zero-order valence-electron chi connectivity index (χ0n) is 11.6. The molecule has 1 aliphatic rings. The molecule has 1 unspecified atom stereocenters. The van der Waals surface area contributed by atoms with Gasteiger partial charge in [-0.3, -0.25) is 4.90 Å². The molecule has 1 fully saturated rings. The normalized spacial score (nSPS) is 21.0. The third-order valence-corrected chi connectivity index (χ3v) is 3.56. The first-order valence-electron chi connectivity index (χ1n) is 6.95. The standard InChI is InChI=1S/C13H24N4O/c1-10(2)17-9-5-6-11(17)13-15-12(18-16-13)7-4-8-14-3/h10-11,14H,4-9H2,1-3H3. The summed E-state index contributed by atoms with van der Waals surface area (Å²) in [6.07, 6.45) is 4.28. The Labute approximate surface area is 109 Å². The Bertz CT molecular complexity index is 364. The second-order valence-electron chi connectivity index (χ2n) is 5.24. The monoisotopic (exact) mass is 252 g/mol. The molecule has 1 N–H and O–H groups in total. The number of aryl methyl sites for hydroxylation is 1. The molecule has 0 saturated carbocycles. The van der Waals surface area contributed by atoms with Gasteiger partial charge in [-0.05, 0) is 53.2 Å². The summed E-state index contributed by atoms with van der Waals surface area (Å²) in [5.74, 6) is 1.65. The van der Waals surface area contributed by atoms with Crippen LogP contribution < -0.4 is 5.32 Å². The molecule has 2 heterocycles. The topological polar surface area (TPSA) is 54.2 Å². The van der Waals surface area contributed by atoms with Crippen molar-refractivity contribution in [2.75, 3.05) is 20.1 Å². The fourth-order valence-corrected chi connectivity index (χ4v) is 2.61. The molecule has 1 aromatic rings. The predicted molar refractivity (Wildman–Crippen MR) is 70.4 cm³/mol. The maximum Gasteiger partial charge on any atom is 0.226 e. The fraction of sp³-hybridized carbons (Fsp3) is 0.846. The number of rotatable bonds is 6. The second kappa shape index (κ2) is 6.29. The quantitative estimate of drug-likeness (QED) is 0.782. The number of hydrogen-bond acceptors (Lipinski definition) is 5. The van der Waals surface area contributed by atoms with Crippen molar-refractivity contribution >= 4 is 0 Å². The minimum atomic E-state index is 0.354. The van der Waals surface area contributed by atoms with Crippen molar-refractivity contribution in [2.24, 2.45) is 0 Å². The molecule has 5 heteroatoms. The molecule has 2 rings (SSSR count). The van der Waals surface area contributed by atoms with E-state index in [4.69, 9.17) is 4.52 Å². The largest absolute Gasteiger partial charge is 0.339 e. The van der Waals surface area contributed by atoms with Crippen molar-refractivity contribution in [3.63, 3.8) is 0 Å². The smallest absolute Gasteiger partial charge is 0.226 e. The van der Waals surface area contributed by atoms with Crippen molar-refractivity contribution < 1.29 is 4.52 Å². The van der Waals surface area contributed by atoms with Crippen molar-refractivity contribution in [3.8, 4) is 0 Å². The highest BCUT2D eigenvalue weighted by atomic mass is 16.5. The van der Waals surface area contributed by atoms with E-state index in [9.17, 15) is 0 Å². The predicted octanol–water partition coefficient (Wildman–Crippen LogP) is 1.77. The van der Waals surface area contributed by atoms with Gasteiger partial charge in [0.05, 0.1) is 6.04 Å². The molecule has 0 aliphatic carbocycles. The van der Waals surface area contributed by atoms with E-state index in [0.717, 1.165) is 44.1 Å². The number of aromatic nitrogens is 2. The number of nitrogens with zero attached hydrogens (tertiary/aromatic N) is 3. The molecule has 0 radical (unpaired) electrons. The molecule has 18 heavy (non-hydrogen) atoms. The Morgan fingerprint density at radius 2 is 2.33 bits per heavy atom. The van der Waals surface area contributed by atoms with Crippen LogP contribution in [-0.4, -0.2) is 41.2 Å². The van der Waals surface area contributed by atoms with Crippen LogP contribution in [-0.2, 0) is 6.42 Å². The minimum absolute atomic E-state index is 0.354. The maximum atomic E-state index is 5.34. The van der Waals surface area contributed by atoms with Crippen LogP contribution in [0, 0.1) is 0 Å². The van der Waals surface area contributed by atoms with E-state index in [1.807, 2.05) is 7.05 Å². The summed E-state index contributed by atoms with van der Waals surface area (Å²) >= 11 is 0. The molecular weight excluding hydrogens is 228 g/mol. The third-order valence-electron chi connectivity index (χ3n) is 3.56. The minimum Gasteiger partial charge on any atom is -0.339 e. The average Bonchev–Trinajstić information content (AvgIpc) is 2.96. The van der Waals surface area contributed by atoms with Crippen LogP contribution in [0.4, 0.5) is 0 Å².